The van der Waals surface area contributed by atoms with E-state index in [0.29, 0.717) is 22.1 Å². The third-order valence-corrected chi connectivity index (χ3v) is 5.88. The molecule has 0 radical (unpaired) electrons. The van der Waals surface area contributed by atoms with Crippen LogP contribution in [0.4, 0.5) is 5.69 Å². The number of nitrogens with one attached hydrogen (secondary N) is 1. The van der Waals surface area contributed by atoms with Crippen molar-refractivity contribution < 1.29 is 23.8 Å². The number of hydrogen-bond acceptors (Lipinski definition) is 6. The lowest BCUT2D eigenvalue weighted by molar-refractivity contribution is 0.0601. The quantitative estimate of drug-likeness (QED) is 0.616. The molecule has 1 N–H and O–H groups in total. The molecule has 0 atom stereocenters. The van der Waals surface area contributed by atoms with Gasteiger partial charge < -0.3 is 19.5 Å². The predicted octanol–water partition coefficient (Wildman–Crippen LogP) is 4.07. The summed E-state index contributed by atoms with van der Waals surface area (Å²) in [6, 6.07) is 5.05. The highest BCUT2D eigenvalue weighted by Crippen LogP contribution is 2.35. The highest BCUT2D eigenvalue weighted by atomic mass is 32.1. The zero-order valence-corrected chi connectivity index (χ0v) is 16.5. The topological polar surface area (TPSA) is 73.9 Å². The molecule has 0 fully saturated rings. The maximum Gasteiger partial charge on any atom is 0.340 e. The van der Waals surface area contributed by atoms with Crippen molar-refractivity contribution in [1.82, 2.24) is 0 Å². The van der Waals surface area contributed by atoms with Gasteiger partial charge in [0, 0.05) is 17.0 Å². The summed E-state index contributed by atoms with van der Waals surface area (Å²) in [4.78, 5) is 26.9. The van der Waals surface area contributed by atoms with Crippen molar-refractivity contribution in [3.05, 3.63) is 39.1 Å². The van der Waals surface area contributed by atoms with E-state index in [2.05, 4.69) is 5.32 Å². The number of anilines is 1. The molecule has 1 aliphatic carbocycles. The Balaban J connectivity index is 1.91. The standard InChI is InChI=1S/C20H23NO5S/c1-24-15-10-13(20(23)26-3)14(11-16(15)25-2)21-19(22)18-9-12-7-5-4-6-8-17(12)27-18/h9-11H,4-8H2,1-3H3,(H,21,22). The molecule has 0 saturated heterocycles. The monoisotopic (exact) mass is 389 g/mol. The fraction of sp³-hybridized carbons (Fsp3) is 0.400. The maximum absolute atomic E-state index is 12.8. The van der Waals surface area contributed by atoms with E-state index in [1.165, 1.54) is 55.6 Å². The molecule has 1 amide bonds. The summed E-state index contributed by atoms with van der Waals surface area (Å²) in [6.45, 7) is 0. The zero-order valence-electron chi connectivity index (χ0n) is 15.7. The Hall–Kier alpha value is -2.54. The fourth-order valence-corrected chi connectivity index (χ4v) is 4.37. The molecule has 6 nitrogen and oxygen atoms in total. The number of aryl methyl sites for hydroxylation is 2. The van der Waals surface area contributed by atoms with Gasteiger partial charge in [-0.15, -0.1) is 11.3 Å². The number of esters is 1. The molecule has 3 rings (SSSR count). The van der Waals surface area contributed by atoms with Gasteiger partial charge in [0.25, 0.3) is 5.91 Å². The van der Waals surface area contributed by atoms with E-state index in [1.807, 2.05) is 6.07 Å². The first-order chi connectivity index (χ1) is 13.1. The molecule has 0 spiro atoms. The predicted molar refractivity (Wildman–Crippen MR) is 104 cm³/mol. The number of carbonyl (C=O) groups excluding carboxylic acids is 2. The van der Waals surface area contributed by atoms with Crippen LogP contribution in [0.2, 0.25) is 0 Å². The van der Waals surface area contributed by atoms with Gasteiger partial charge in [0.15, 0.2) is 11.5 Å². The first kappa shape index (κ1) is 19.2. The van der Waals surface area contributed by atoms with Crippen molar-refractivity contribution in [2.24, 2.45) is 0 Å². The largest absolute Gasteiger partial charge is 0.493 e. The second-order valence-electron chi connectivity index (χ2n) is 6.32. The van der Waals surface area contributed by atoms with Crippen LogP contribution in [0.15, 0.2) is 18.2 Å². The molecule has 1 aromatic heterocycles. The number of methoxy groups -OCH3 is 3. The van der Waals surface area contributed by atoms with E-state index in [4.69, 9.17) is 14.2 Å². The van der Waals surface area contributed by atoms with Crippen LogP contribution in [0.3, 0.4) is 0 Å². The third kappa shape index (κ3) is 4.08. The fourth-order valence-electron chi connectivity index (χ4n) is 3.22. The van der Waals surface area contributed by atoms with E-state index in [1.54, 1.807) is 6.07 Å². The van der Waals surface area contributed by atoms with Crippen LogP contribution >= 0.6 is 11.3 Å². The molecule has 27 heavy (non-hydrogen) atoms. The Labute approximate surface area is 162 Å². The summed E-state index contributed by atoms with van der Waals surface area (Å²) in [6.07, 6.45) is 5.60. The summed E-state index contributed by atoms with van der Waals surface area (Å²) in [7, 11) is 4.27. The number of thiophene rings is 1. The number of benzene rings is 1. The Kier molecular flexibility index (Phi) is 6.01. The minimum Gasteiger partial charge on any atom is -0.493 e. The molecule has 0 bridgehead atoms. The smallest absolute Gasteiger partial charge is 0.340 e. The van der Waals surface area contributed by atoms with Crippen LogP contribution in [0, 0.1) is 0 Å². The summed E-state index contributed by atoms with van der Waals surface area (Å²) in [5.74, 6) is -0.000174. The summed E-state index contributed by atoms with van der Waals surface area (Å²) in [5, 5.41) is 2.83. The Bertz CT molecular complexity index is 835. The summed E-state index contributed by atoms with van der Waals surface area (Å²) < 4.78 is 15.4. The van der Waals surface area contributed by atoms with Gasteiger partial charge >= 0.3 is 5.97 Å². The van der Waals surface area contributed by atoms with Gasteiger partial charge in [-0.3, -0.25) is 4.79 Å². The van der Waals surface area contributed by atoms with Crippen LogP contribution in [0.5, 0.6) is 11.5 Å². The van der Waals surface area contributed by atoms with Crippen molar-refractivity contribution in [2.75, 3.05) is 26.6 Å². The molecule has 1 heterocycles. The van der Waals surface area contributed by atoms with Crippen LogP contribution in [-0.4, -0.2) is 33.2 Å². The molecule has 1 aliphatic rings. The van der Waals surface area contributed by atoms with Gasteiger partial charge in [0.1, 0.15) is 0 Å². The summed E-state index contributed by atoms with van der Waals surface area (Å²) >= 11 is 1.53. The van der Waals surface area contributed by atoms with Gasteiger partial charge in [-0.05, 0) is 37.3 Å². The van der Waals surface area contributed by atoms with Gasteiger partial charge in [-0.25, -0.2) is 4.79 Å². The highest BCUT2D eigenvalue weighted by Gasteiger charge is 2.21. The molecule has 2 aromatic rings. The number of amides is 1. The summed E-state index contributed by atoms with van der Waals surface area (Å²) in [5.41, 5.74) is 1.80. The zero-order chi connectivity index (χ0) is 19.4. The number of carbonyl (C=O) groups is 2. The van der Waals surface area contributed by atoms with Crippen LogP contribution in [0.25, 0.3) is 0 Å². The van der Waals surface area contributed by atoms with Gasteiger partial charge in [0.2, 0.25) is 0 Å². The molecule has 1 aromatic carbocycles. The normalized spacial score (nSPS) is 13.3. The minimum atomic E-state index is -0.562. The van der Waals surface area contributed by atoms with Crippen molar-refractivity contribution in [3.8, 4) is 11.5 Å². The first-order valence-electron chi connectivity index (χ1n) is 8.84. The van der Waals surface area contributed by atoms with Gasteiger partial charge in [-0.2, -0.15) is 0 Å². The molecule has 0 aliphatic heterocycles. The average Bonchev–Trinajstić information content (AvgIpc) is 2.97. The van der Waals surface area contributed by atoms with Crippen LogP contribution < -0.4 is 14.8 Å². The van der Waals surface area contributed by atoms with E-state index in [0.717, 1.165) is 25.7 Å². The first-order valence-corrected chi connectivity index (χ1v) is 9.66. The van der Waals surface area contributed by atoms with Crippen molar-refractivity contribution in [2.45, 2.75) is 32.1 Å². The van der Waals surface area contributed by atoms with E-state index in [9.17, 15) is 9.59 Å². The van der Waals surface area contributed by atoms with Crippen molar-refractivity contribution in [3.63, 3.8) is 0 Å². The second-order valence-corrected chi connectivity index (χ2v) is 7.45. The van der Waals surface area contributed by atoms with Crippen LogP contribution in [0.1, 0.15) is 49.7 Å². The minimum absolute atomic E-state index is 0.210. The molecule has 144 valence electrons. The second kappa shape index (κ2) is 8.43. The Morgan fingerprint density at radius 3 is 2.37 bits per heavy atom. The molecule has 0 unspecified atom stereocenters. The highest BCUT2D eigenvalue weighted by molar-refractivity contribution is 7.14. The van der Waals surface area contributed by atoms with E-state index >= 15 is 0 Å². The molecule has 0 saturated carbocycles. The third-order valence-electron chi connectivity index (χ3n) is 4.65. The van der Waals surface area contributed by atoms with E-state index < -0.39 is 5.97 Å². The molecule has 7 heteroatoms. The Morgan fingerprint density at radius 1 is 0.963 bits per heavy atom. The molecular formula is C20H23NO5S. The lowest BCUT2D eigenvalue weighted by atomic mass is 10.1. The number of fused-ring (bicyclic) bond motifs is 1. The van der Waals surface area contributed by atoms with Crippen molar-refractivity contribution in [1.29, 1.82) is 0 Å². The lowest BCUT2D eigenvalue weighted by Crippen LogP contribution is -2.15. The van der Waals surface area contributed by atoms with Gasteiger partial charge in [-0.1, -0.05) is 6.42 Å². The number of hydrogen-bond donors (Lipinski definition) is 1. The lowest BCUT2D eigenvalue weighted by Gasteiger charge is -2.14. The van der Waals surface area contributed by atoms with Crippen molar-refractivity contribution >= 4 is 28.9 Å². The van der Waals surface area contributed by atoms with Gasteiger partial charge in [0.05, 0.1) is 37.5 Å². The molecular weight excluding hydrogens is 366 g/mol. The number of rotatable bonds is 5. The van der Waals surface area contributed by atoms with E-state index in [-0.39, 0.29) is 11.5 Å². The Morgan fingerprint density at radius 2 is 1.67 bits per heavy atom. The average molecular weight is 389 g/mol. The number of ether oxygens (including phenoxy) is 3. The SMILES string of the molecule is COC(=O)c1cc(OC)c(OC)cc1NC(=O)c1cc2c(s1)CCCCC2. The maximum atomic E-state index is 12.8. The van der Waals surface area contributed by atoms with Crippen LogP contribution in [-0.2, 0) is 17.6 Å².